The summed E-state index contributed by atoms with van der Waals surface area (Å²) in [5.74, 6) is 0. The highest BCUT2D eigenvalue weighted by Crippen LogP contribution is 2.28. The van der Waals surface area contributed by atoms with Crippen LogP contribution in [0.2, 0.25) is 0 Å². The molecule has 0 saturated heterocycles. The van der Waals surface area contributed by atoms with Gasteiger partial charge in [-0.2, -0.15) is 0 Å². The zero-order valence-electron chi connectivity index (χ0n) is 9.45. The van der Waals surface area contributed by atoms with Crippen LogP contribution in [0.5, 0.6) is 0 Å². The van der Waals surface area contributed by atoms with Gasteiger partial charge in [0.2, 0.25) is 0 Å². The smallest absolute Gasteiger partial charge is 0.0124 e. The quantitative estimate of drug-likeness (QED) is 0.617. The molecule has 0 atom stereocenters. The molecule has 0 aliphatic carbocycles. The Labute approximate surface area is 96.1 Å². The lowest BCUT2D eigenvalue weighted by molar-refractivity contribution is 1.31. The fraction of sp³-hybridized carbons (Fsp3) is 0.231. The van der Waals surface area contributed by atoms with Crippen LogP contribution in [0.3, 0.4) is 0 Å². The van der Waals surface area contributed by atoms with Gasteiger partial charge >= 0.3 is 0 Å². The van der Waals surface area contributed by atoms with Crippen LogP contribution in [0.25, 0.3) is 0 Å². The van der Waals surface area contributed by atoms with Gasteiger partial charge in [0.15, 0.2) is 0 Å². The highest BCUT2D eigenvalue weighted by atomic mass is 32.2. The van der Waals surface area contributed by atoms with Gasteiger partial charge in [-0.1, -0.05) is 35.5 Å². The monoisotopic (exact) mass is 219 g/mol. The third kappa shape index (κ3) is 4.26. The second-order valence-corrected chi connectivity index (χ2v) is 4.64. The van der Waals surface area contributed by atoms with Crippen molar-refractivity contribution in [2.75, 3.05) is 0 Å². The maximum atomic E-state index is 5.66. The summed E-state index contributed by atoms with van der Waals surface area (Å²) < 4.78 is 0. The molecular formula is C13H17NS. The lowest BCUT2D eigenvalue weighted by atomic mass is 10.2. The Morgan fingerprint density at radius 3 is 2.67 bits per heavy atom. The molecule has 0 aliphatic rings. The van der Waals surface area contributed by atoms with Gasteiger partial charge in [-0.15, -0.1) is 0 Å². The Kier molecular flexibility index (Phi) is 4.50. The van der Waals surface area contributed by atoms with Crippen LogP contribution >= 0.6 is 11.8 Å². The van der Waals surface area contributed by atoms with Crippen LogP contribution in [-0.4, -0.2) is 0 Å². The highest BCUT2D eigenvalue weighted by Gasteiger charge is 1.97. The number of hydrogen-bond donors (Lipinski definition) is 1. The summed E-state index contributed by atoms with van der Waals surface area (Å²) in [4.78, 5) is 2.43. The number of benzene rings is 1. The molecule has 0 spiro atoms. The second kappa shape index (κ2) is 5.66. The molecule has 0 aliphatic heterocycles. The van der Waals surface area contributed by atoms with E-state index in [1.165, 1.54) is 15.4 Å². The minimum absolute atomic E-state index is 0.836. The average molecular weight is 219 g/mol. The topological polar surface area (TPSA) is 26.0 Å². The molecule has 1 aromatic carbocycles. The Bertz CT molecular complexity index is 387. The van der Waals surface area contributed by atoms with Gasteiger partial charge in [0.25, 0.3) is 0 Å². The van der Waals surface area contributed by atoms with E-state index >= 15 is 0 Å². The lowest BCUT2D eigenvalue weighted by Crippen LogP contribution is -1.90. The lowest BCUT2D eigenvalue weighted by Gasteiger charge is -2.03. The average Bonchev–Trinajstić information content (AvgIpc) is 2.16. The number of aryl methyl sites for hydroxylation is 1. The van der Waals surface area contributed by atoms with Crippen molar-refractivity contribution in [2.24, 2.45) is 5.73 Å². The molecule has 1 aromatic rings. The van der Waals surface area contributed by atoms with E-state index in [-0.39, 0.29) is 0 Å². The van der Waals surface area contributed by atoms with Crippen LogP contribution in [0.15, 0.2) is 51.9 Å². The van der Waals surface area contributed by atoms with E-state index in [0.717, 1.165) is 5.70 Å². The molecule has 0 saturated carbocycles. The van der Waals surface area contributed by atoms with Crippen LogP contribution < -0.4 is 5.73 Å². The Balaban J connectivity index is 2.81. The molecule has 15 heavy (non-hydrogen) atoms. The molecule has 0 aromatic heterocycles. The molecule has 1 nitrogen and oxygen atoms in total. The first kappa shape index (κ1) is 11.9. The molecule has 0 bridgehead atoms. The zero-order valence-corrected chi connectivity index (χ0v) is 10.3. The van der Waals surface area contributed by atoms with E-state index in [4.69, 9.17) is 5.73 Å². The van der Waals surface area contributed by atoms with Crippen molar-refractivity contribution in [1.82, 2.24) is 0 Å². The number of allylic oxidation sites excluding steroid dienone is 3. The van der Waals surface area contributed by atoms with Crippen molar-refractivity contribution in [3.05, 3.63) is 52.6 Å². The minimum Gasteiger partial charge on any atom is -0.402 e. The first-order valence-corrected chi connectivity index (χ1v) is 5.78. The van der Waals surface area contributed by atoms with E-state index in [9.17, 15) is 0 Å². The Hall–Kier alpha value is -1.15. The van der Waals surface area contributed by atoms with Crippen molar-refractivity contribution < 1.29 is 0 Å². The molecule has 80 valence electrons. The molecule has 0 radical (unpaired) electrons. The van der Waals surface area contributed by atoms with Crippen molar-refractivity contribution in [1.29, 1.82) is 0 Å². The van der Waals surface area contributed by atoms with Gasteiger partial charge in [-0.3, -0.25) is 0 Å². The summed E-state index contributed by atoms with van der Waals surface area (Å²) in [6.07, 6.45) is 4.07. The summed E-state index contributed by atoms with van der Waals surface area (Å²) in [5, 5.41) is 0. The molecule has 2 N–H and O–H groups in total. The van der Waals surface area contributed by atoms with E-state index < -0.39 is 0 Å². The van der Waals surface area contributed by atoms with Gasteiger partial charge in [-0.05, 0) is 39.0 Å². The molecule has 1 rings (SSSR count). The molecule has 0 heterocycles. The first-order valence-electron chi connectivity index (χ1n) is 4.96. The predicted octanol–water partition coefficient (Wildman–Crippen LogP) is 3.85. The second-order valence-electron chi connectivity index (χ2n) is 3.50. The molecular weight excluding hydrogens is 202 g/mol. The fourth-order valence-corrected chi connectivity index (χ4v) is 2.24. The predicted molar refractivity (Wildman–Crippen MR) is 68.7 cm³/mol. The van der Waals surface area contributed by atoms with Gasteiger partial charge < -0.3 is 5.73 Å². The maximum absolute atomic E-state index is 5.66. The standard InChI is InChI=1S/C13H17NS/c1-4-12(9-11(3)14)15-13-7-5-6-10(2)8-13/h4-9H,14H2,1-3H3/b11-9-,12-4+. The van der Waals surface area contributed by atoms with Crippen molar-refractivity contribution in [3.8, 4) is 0 Å². The summed E-state index contributed by atoms with van der Waals surface area (Å²) in [7, 11) is 0. The van der Waals surface area contributed by atoms with E-state index in [0.29, 0.717) is 0 Å². The van der Waals surface area contributed by atoms with Gasteiger partial charge in [0.05, 0.1) is 0 Å². The minimum atomic E-state index is 0.836. The summed E-state index contributed by atoms with van der Waals surface area (Å²) in [6, 6.07) is 8.46. The van der Waals surface area contributed by atoms with Crippen molar-refractivity contribution >= 4 is 11.8 Å². The largest absolute Gasteiger partial charge is 0.402 e. The van der Waals surface area contributed by atoms with E-state index in [2.05, 4.69) is 37.3 Å². The molecule has 0 unspecified atom stereocenters. The van der Waals surface area contributed by atoms with Gasteiger partial charge in [-0.25, -0.2) is 0 Å². The summed E-state index contributed by atoms with van der Waals surface area (Å²) >= 11 is 1.74. The van der Waals surface area contributed by atoms with Crippen LogP contribution in [-0.2, 0) is 0 Å². The first-order chi connectivity index (χ1) is 7.11. The Morgan fingerprint density at radius 1 is 1.40 bits per heavy atom. The third-order valence-electron chi connectivity index (χ3n) is 1.88. The van der Waals surface area contributed by atoms with E-state index in [1.807, 2.05) is 19.9 Å². The van der Waals surface area contributed by atoms with Gasteiger partial charge in [0.1, 0.15) is 0 Å². The van der Waals surface area contributed by atoms with E-state index in [1.54, 1.807) is 11.8 Å². The maximum Gasteiger partial charge on any atom is 0.0124 e. The SMILES string of the molecule is C/C=C(\C=C(\C)N)Sc1cccc(C)c1. The summed E-state index contributed by atoms with van der Waals surface area (Å²) in [6.45, 7) is 6.03. The van der Waals surface area contributed by atoms with Gasteiger partial charge in [0, 0.05) is 15.5 Å². The summed E-state index contributed by atoms with van der Waals surface area (Å²) in [5.41, 5.74) is 7.78. The Morgan fingerprint density at radius 2 is 2.13 bits per heavy atom. The fourth-order valence-electron chi connectivity index (χ4n) is 1.21. The van der Waals surface area contributed by atoms with Crippen LogP contribution in [0, 0.1) is 6.92 Å². The third-order valence-corrected chi connectivity index (χ3v) is 2.96. The number of hydrogen-bond acceptors (Lipinski definition) is 2. The normalized spacial score (nSPS) is 13.0. The molecule has 0 amide bonds. The number of thioether (sulfide) groups is 1. The van der Waals surface area contributed by atoms with Crippen molar-refractivity contribution in [2.45, 2.75) is 25.7 Å². The molecule has 2 heteroatoms. The number of rotatable bonds is 3. The van der Waals surface area contributed by atoms with Crippen LogP contribution in [0.1, 0.15) is 19.4 Å². The van der Waals surface area contributed by atoms with Crippen molar-refractivity contribution in [3.63, 3.8) is 0 Å². The molecule has 0 fully saturated rings. The highest BCUT2D eigenvalue weighted by molar-refractivity contribution is 8.03. The zero-order chi connectivity index (χ0) is 11.3. The van der Waals surface area contributed by atoms with Crippen LogP contribution in [0.4, 0.5) is 0 Å². The number of nitrogens with two attached hydrogens (primary N) is 1.